The molecule has 7 nitrogen and oxygen atoms in total. The van der Waals surface area contributed by atoms with Crippen LogP contribution in [0.3, 0.4) is 0 Å². The van der Waals surface area contributed by atoms with Gasteiger partial charge in [0, 0.05) is 24.6 Å². The Balaban J connectivity index is 1.64. The molecule has 0 aliphatic carbocycles. The van der Waals surface area contributed by atoms with Crippen LogP contribution >= 0.6 is 0 Å². The Morgan fingerprint density at radius 1 is 1.08 bits per heavy atom. The number of carbonyl (C=O) groups is 2. The topological polar surface area (TPSA) is 89.8 Å². The summed E-state index contributed by atoms with van der Waals surface area (Å²) in [4.78, 5) is 24.4. The number of hydrogen-bond acceptors (Lipinski definition) is 5. The molecule has 0 fully saturated rings. The van der Waals surface area contributed by atoms with Crippen LogP contribution in [-0.2, 0) is 17.9 Å². The highest BCUT2D eigenvalue weighted by atomic mass is 19.1. The maximum Gasteiger partial charge on any atom is 0.217 e. The van der Waals surface area contributed by atoms with Gasteiger partial charge in [-0.3, -0.25) is 9.59 Å². The van der Waals surface area contributed by atoms with Crippen molar-refractivity contribution in [3.8, 4) is 11.4 Å². The number of aromatic nitrogens is 4. The Kier molecular flexibility index (Phi) is 5.12. The lowest BCUT2D eigenvalue weighted by atomic mass is 10.1. The van der Waals surface area contributed by atoms with E-state index in [0.29, 0.717) is 23.5 Å². The molecular weight excluding hydrogens is 337 g/mol. The molecule has 0 saturated heterocycles. The van der Waals surface area contributed by atoms with Gasteiger partial charge in [-0.25, -0.2) is 4.39 Å². The highest BCUT2D eigenvalue weighted by molar-refractivity contribution is 5.95. The van der Waals surface area contributed by atoms with E-state index >= 15 is 0 Å². The van der Waals surface area contributed by atoms with Crippen LogP contribution in [0.2, 0.25) is 0 Å². The van der Waals surface area contributed by atoms with Crippen molar-refractivity contribution in [3.05, 3.63) is 65.5 Å². The molecule has 1 N–H and O–H groups in total. The van der Waals surface area contributed by atoms with E-state index in [1.165, 1.54) is 23.9 Å². The first kappa shape index (κ1) is 17.4. The zero-order chi connectivity index (χ0) is 18.5. The van der Waals surface area contributed by atoms with Gasteiger partial charge in [0.25, 0.3) is 0 Å². The van der Waals surface area contributed by atoms with Crippen molar-refractivity contribution in [2.45, 2.75) is 20.0 Å². The summed E-state index contributed by atoms with van der Waals surface area (Å²) in [6.45, 7) is 1.80. The lowest BCUT2D eigenvalue weighted by Crippen LogP contribution is -2.19. The average molecular weight is 353 g/mol. The fraction of sp³-hybridized carbons (Fsp3) is 0.167. The fourth-order valence-electron chi connectivity index (χ4n) is 2.28. The third-order valence-corrected chi connectivity index (χ3v) is 3.66. The van der Waals surface area contributed by atoms with Crippen molar-refractivity contribution in [2.24, 2.45) is 0 Å². The molecule has 0 unspecified atom stereocenters. The molecule has 0 radical (unpaired) electrons. The molecule has 0 aliphatic rings. The van der Waals surface area contributed by atoms with Gasteiger partial charge in [0.1, 0.15) is 12.4 Å². The molecule has 2 aromatic carbocycles. The molecule has 0 aliphatic heterocycles. The number of halogens is 1. The second-order valence-electron chi connectivity index (χ2n) is 5.68. The van der Waals surface area contributed by atoms with E-state index in [1.54, 1.807) is 36.4 Å². The van der Waals surface area contributed by atoms with Gasteiger partial charge < -0.3 is 5.32 Å². The van der Waals surface area contributed by atoms with E-state index in [2.05, 4.69) is 20.7 Å². The highest BCUT2D eigenvalue weighted by Gasteiger charge is 2.11. The summed E-state index contributed by atoms with van der Waals surface area (Å²) in [5, 5.41) is 14.6. The van der Waals surface area contributed by atoms with Gasteiger partial charge in [0.15, 0.2) is 5.78 Å². The predicted molar refractivity (Wildman–Crippen MR) is 91.5 cm³/mol. The number of Topliss-reactive ketones (excluding diaryl/α,β-unsaturated/α-hetero) is 1. The summed E-state index contributed by atoms with van der Waals surface area (Å²) in [6, 6.07) is 12.7. The minimum Gasteiger partial charge on any atom is -0.352 e. The number of nitrogens with zero attached hydrogens (tertiary/aromatic N) is 4. The second kappa shape index (κ2) is 7.64. The molecule has 8 heteroatoms. The van der Waals surface area contributed by atoms with Crippen LogP contribution in [-0.4, -0.2) is 31.9 Å². The van der Waals surface area contributed by atoms with E-state index in [9.17, 15) is 14.0 Å². The first-order chi connectivity index (χ1) is 12.5. The summed E-state index contributed by atoms with van der Waals surface area (Å²) >= 11 is 0. The smallest absolute Gasteiger partial charge is 0.217 e. The summed E-state index contributed by atoms with van der Waals surface area (Å²) in [5.41, 5.74) is 2.03. The van der Waals surface area contributed by atoms with Gasteiger partial charge in [-0.2, -0.15) is 4.80 Å². The number of nitrogens with one attached hydrogen (secondary N) is 1. The Morgan fingerprint density at radius 2 is 1.77 bits per heavy atom. The monoisotopic (exact) mass is 353 g/mol. The lowest BCUT2D eigenvalue weighted by molar-refractivity contribution is -0.119. The number of rotatable bonds is 6. The molecule has 0 atom stereocenters. The van der Waals surface area contributed by atoms with Crippen molar-refractivity contribution in [1.82, 2.24) is 25.5 Å². The van der Waals surface area contributed by atoms with Crippen LogP contribution in [0.4, 0.5) is 4.39 Å². The van der Waals surface area contributed by atoms with E-state index in [-0.39, 0.29) is 24.1 Å². The predicted octanol–water partition coefficient (Wildman–Crippen LogP) is 2.00. The van der Waals surface area contributed by atoms with Crippen LogP contribution in [0.25, 0.3) is 11.4 Å². The summed E-state index contributed by atoms with van der Waals surface area (Å²) in [6.07, 6.45) is 0. The summed E-state index contributed by atoms with van der Waals surface area (Å²) in [7, 11) is 0. The van der Waals surface area contributed by atoms with Crippen LogP contribution in [0.1, 0.15) is 22.8 Å². The number of amides is 1. The zero-order valence-electron chi connectivity index (χ0n) is 14.0. The van der Waals surface area contributed by atoms with Crippen LogP contribution < -0.4 is 5.32 Å². The largest absolute Gasteiger partial charge is 0.352 e. The standard InChI is InChI=1S/C18H16FN5O2/c1-12(25)20-10-13-2-4-14(5-3-13)17(26)11-24-22-18(21-23-24)15-6-8-16(19)9-7-15/h2-9H,10-11H2,1H3,(H,20,25). The van der Waals surface area contributed by atoms with Gasteiger partial charge in [-0.15, -0.1) is 10.2 Å². The van der Waals surface area contributed by atoms with Gasteiger partial charge in [-0.05, 0) is 35.0 Å². The first-order valence-electron chi connectivity index (χ1n) is 7.91. The maximum absolute atomic E-state index is 13.0. The van der Waals surface area contributed by atoms with Crippen molar-refractivity contribution in [3.63, 3.8) is 0 Å². The Morgan fingerprint density at radius 3 is 2.42 bits per heavy atom. The molecule has 3 rings (SSSR count). The van der Waals surface area contributed by atoms with Gasteiger partial charge in [0.05, 0.1) is 0 Å². The number of carbonyl (C=O) groups excluding carboxylic acids is 2. The van der Waals surface area contributed by atoms with Gasteiger partial charge in [0.2, 0.25) is 11.7 Å². The molecule has 1 heterocycles. The maximum atomic E-state index is 13.0. The Labute approximate surface area is 148 Å². The quantitative estimate of drug-likeness (QED) is 0.685. The van der Waals surface area contributed by atoms with Crippen molar-refractivity contribution >= 4 is 11.7 Å². The van der Waals surface area contributed by atoms with Crippen LogP contribution in [0, 0.1) is 5.82 Å². The minimum absolute atomic E-state index is 0.0563. The molecule has 1 amide bonds. The molecule has 1 aromatic heterocycles. The van der Waals surface area contributed by atoms with Crippen molar-refractivity contribution in [1.29, 1.82) is 0 Å². The van der Waals surface area contributed by atoms with Crippen LogP contribution in [0.5, 0.6) is 0 Å². The molecule has 26 heavy (non-hydrogen) atoms. The zero-order valence-corrected chi connectivity index (χ0v) is 14.0. The van der Waals surface area contributed by atoms with Crippen molar-refractivity contribution in [2.75, 3.05) is 0 Å². The third kappa shape index (κ3) is 4.35. The number of tetrazole rings is 1. The first-order valence-corrected chi connectivity index (χ1v) is 7.91. The molecule has 132 valence electrons. The van der Waals surface area contributed by atoms with Gasteiger partial charge in [-0.1, -0.05) is 24.3 Å². The summed E-state index contributed by atoms with van der Waals surface area (Å²) < 4.78 is 13.0. The van der Waals surface area contributed by atoms with Crippen LogP contribution in [0.15, 0.2) is 48.5 Å². The SMILES string of the molecule is CC(=O)NCc1ccc(C(=O)Cn2nnc(-c3ccc(F)cc3)n2)cc1. The molecule has 0 bridgehead atoms. The average Bonchev–Trinajstić information content (AvgIpc) is 3.09. The lowest BCUT2D eigenvalue weighted by Gasteiger charge is -2.04. The van der Waals surface area contributed by atoms with Gasteiger partial charge >= 0.3 is 0 Å². The minimum atomic E-state index is -0.349. The molecule has 0 saturated carbocycles. The van der Waals surface area contributed by atoms with E-state index in [4.69, 9.17) is 0 Å². The van der Waals surface area contributed by atoms with E-state index in [0.717, 1.165) is 5.56 Å². The second-order valence-corrected chi connectivity index (χ2v) is 5.68. The number of hydrogen-bond donors (Lipinski definition) is 1. The summed E-state index contributed by atoms with van der Waals surface area (Å²) in [5.74, 6) is -0.305. The molecule has 0 spiro atoms. The number of benzene rings is 2. The Hall–Kier alpha value is -3.42. The van der Waals surface area contributed by atoms with E-state index in [1.807, 2.05) is 0 Å². The molecule has 3 aromatic rings. The normalized spacial score (nSPS) is 10.5. The Bertz CT molecular complexity index is 920. The highest BCUT2D eigenvalue weighted by Crippen LogP contribution is 2.14. The van der Waals surface area contributed by atoms with Crippen molar-refractivity contribution < 1.29 is 14.0 Å². The third-order valence-electron chi connectivity index (χ3n) is 3.66. The molecular formula is C18H16FN5O2. The number of ketones is 1. The fourth-order valence-corrected chi connectivity index (χ4v) is 2.28. The van der Waals surface area contributed by atoms with E-state index < -0.39 is 0 Å².